The number of nitrogens with zero attached hydrogens (tertiary/aromatic N) is 4. The zero-order chi connectivity index (χ0) is 24.4. The Kier molecular flexibility index (Phi) is 7.48. The molecule has 0 saturated carbocycles. The quantitative estimate of drug-likeness (QED) is 0.571. The Morgan fingerprint density at radius 2 is 1.85 bits per heavy atom. The van der Waals surface area contributed by atoms with Crippen LogP contribution >= 0.6 is 11.8 Å². The molecule has 1 aromatic rings. The number of amidine groups is 1. The van der Waals surface area contributed by atoms with Crippen molar-refractivity contribution < 1.29 is 14.3 Å². The highest BCUT2D eigenvalue weighted by Crippen LogP contribution is 2.45. The molecule has 1 atom stereocenters. The average Bonchev–Trinajstić information content (AvgIpc) is 3.20. The van der Waals surface area contributed by atoms with Gasteiger partial charge in [0.15, 0.2) is 5.17 Å². The third-order valence-electron chi connectivity index (χ3n) is 6.72. The van der Waals surface area contributed by atoms with Crippen LogP contribution in [0.5, 0.6) is 0 Å². The Morgan fingerprint density at radius 1 is 1.12 bits per heavy atom. The Morgan fingerprint density at radius 3 is 2.50 bits per heavy atom. The van der Waals surface area contributed by atoms with E-state index in [0.29, 0.717) is 17.9 Å². The summed E-state index contributed by atoms with van der Waals surface area (Å²) in [5.41, 5.74) is 5.37. The highest BCUT2D eigenvalue weighted by Gasteiger charge is 2.42. The molecule has 0 unspecified atom stereocenters. The molecular weight excluding hydrogens is 448 g/mol. The molecule has 1 aromatic carbocycles. The van der Waals surface area contributed by atoms with Gasteiger partial charge in [0.1, 0.15) is 0 Å². The lowest BCUT2D eigenvalue weighted by atomic mass is 9.90. The second-order valence-electron chi connectivity index (χ2n) is 8.97. The number of aliphatic imine (C=N–C) groups is 1. The van der Waals surface area contributed by atoms with Crippen molar-refractivity contribution in [2.45, 2.75) is 47.1 Å². The van der Waals surface area contributed by atoms with Gasteiger partial charge in [0.05, 0.1) is 30.3 Å². The number of thioether (sulfide) groups is 1. The SMILES string of the molecule is CCOC(=O)C1=C(C)N=C2SC=C(CC(=O)N3CCN(CC)CC3)N2[C@@H]1c1ccc(C)cc1C. The van der Waals surface area contributed by atoms with E-state index in [9.17, 15) is 9.59 Å². The summed E-state index contributed by atoms with van der Waals surface area (Å²) in [5, 5.41) is 2.81. The number of esters is 1. The maximum Gasteiger partial charge on any atom is 0.338 e. The predicted octanol–water partition coefficient (Wildman–Crippen LogP) is 4.00. The molecule has 7 nitrogen and oxygen atoms in total. The van der Waals surface area contributed by atoms with Crippen LogP contribution in [0.4, 0.5) is 0 Å². The number of aryl methyl sites for hydroxylation is 2. The van der Waals surface area contributed by atoms with E-state index in [0.717, 1.165) is 60.3 Å². The van der Waals surface area contributed by atoms with Gasteiger partial charge < -0.3 is 19.4 Å². The van der Waals surface area contributed by atoms with Gasteiger partial charge in [0.25, 0.3) is 0 Å². The minimum atomic E-state index is -0.377. The monoisotopic (exact) mass is 482 g/mol. The van der Waals surface area contributed by atoms with E-state index in [2.05, 4.69) is 48.8 Å². The first-order valence-electron chi connectivity index (χ1n) is 12.0. The number of hydrogen-bond donors (Lipinski definition) is 0. The Bertz CT molecular complexity index is 1070. The first-order chi connectivity index (χ1) is 16.3. The van der Waals surface area contributed by atoms with Crippen LogP contribution in [-0.2, 0) is 14.3 Å². The minimum absolute atomic E-state index is 0.118. The van der Waals surface area contributed by atoms with Crippen LogP contribution in [0.25, 0.3) is 0 Å². The number of fused-ring (bicyclic) bond motifs is 1. The Hall–Kier alpha value is -2.58. The zero-order valence-corrected chi connectivity index (χ0v) is 21.6. The van der Waals surface area contributed by atoms with Crippen molar-refractivity contribution in [3.63, 3.8) is 0 Å². The molecule has 3 heterocycles. The minimum Gasteiger partial charge on any atom is -0.463 e. The molecule has 8 heteroatoms. The largest absolute Gasteiger partial charge is 0.463 e. The highest BCUT2D eigenvalue weighted by molar-refractivity contribution is 8.16. The smallest absolute Gasteiger partial charge is 0.338 e. The molecule has 3 aliphatic rings. The van der Waals surface area contributed by atoms with Gasteiger partial charge >= 0.3 is 5.97 Å². The summed E-state index contributed by atoms with van der Waals surface area (Å²) in [6.07, 6.45) is 0.286. The number of piperazine rings is 1. The number of carbonyl (C=O) groups excluding carboxylic acids is 2. The molecule has 1 amide bonds. The van der Waals surface area contributed by atoms with Crippen molar-refractivity contribution in [3.05, 3.63) is 57.3 Å². The number of carbonyl (C=O) groups is 2. The lowest BCUT2D eigenvalue weighted by Gasteiger charge is -2.38. The van der Waals surface area contributed by atoms with Gasteiger partial charge in [-0.1, -0.05) is 42.4 Å². The van der Waals surface area contributed by atoms with Gasteiger partial charge in [0.2, 0.25) is 5.91 Å². The molecule has 0 aromatic heterocycles. The van der Waals surface area contributed by atoms with E-state index in [1.807, 2.05) is 24.2 Å². The molecule has 182 valence electrons. The van der Waals surface area contributed by atoms with Gasteiger partial charge in [-0.2, -0.15) is 0 Å². The molecule has 0 spiro atoms. The molecule has 34 heavy (non-hydrogen) atoms. The number of amides is 1. The average molecular weight is 483 g/mol. The van der Waals surface area contributed by atoms with Gasteiger partial charge in [-0.15, -0.1) is 0 Å². The predicted molar refractivity (Wildman–Crippen MR) is 136 cm³/mol. The lowest BCUT2D eigenvalue weighted by molar-refractivity contribution is -0.139. The van der Waals surface area contributed by atoms with E-state index in [1.54, 1.807) is 0 Å². The van der Waals surface area contributed by atoms with Crippen molar-refractivity contribution in [1.29, 1.82) is 0 Å². The third-order valence-corrected chi connectivity index (χ3v) is 7.61. The molecule has 0 aliphatic carbocycles. The van der Waals surface area contributed by atoms with E-state index >= 15 is 0 Å². The molecule has 0 radical (unpaired) electrons. The maximum atomic E-state index is 13.2. The molecule has 1 saturated heterocycles. The van der Waals surface area contributed by atoms with Crippen molar-refractivity contribution in [2.24, 2.45) is 4.99 Å². The van der Waals surface area contributed by atoms with E-state index in [4.69, 9.17) is 9.73 Å². The van der Waals surface area contributed by atoms with Crippen LogP contribution in [0.2, 0.25) is 0 Å². The summed E-state index contributed by atoms with van der Waals surface area (Å²) < 4.78 is 5.45. The van der Waals surface area contributed by atoms with Crippen molar-refractivity contribution in [3.8, 4) is 0 Å². The van der Waals surface area contributed by atoms with E-state index in [1.165, 1.54) is 11.8 Å². The molecule has 0 bridgehead atoms. The van der Waals surface area contributed by atoms with Gasteiger partial charge in [-0.25, -0.2) is 9.79 Å². The van der Waals surface area contributed by atoms with E-state index in [-0.39, 0.29) is 24.3 Å². The summed E-state index contributed by atoms with van der Waals surface area (Å²) >= 11 is 1.51. The van der Waals surface area contributed by atoms with Gasteiger partial charge in [-0.05, 0) is 50.8 Å². The molecule has 4 rings (SSSR count). The summed E-state index contributed by atoms with van der Waals surface area (Å²) in [6, 6.07) is 5.90. The number of allylic oxidation sites excluding steroid dienone is 1. The fourth-order valence-corrected chi connectivity index (χ4v) is 5.81. The van der Waals surface area contributed by atoms with Crippen LogP contribution in [0.1, 0.15) is 49.9 Å². The van der Waals surface area contributed by atoms with Crippen molar-refractivity contribution in [1.82, 2.24) is 14.7 Å². The number of hydrogen-bond acceptors (Lipinski definition) is 7. The van der Waals surface area contributed by atoms with Crippen LogP contribution in [-0.4, -0.2) is 71.1 Å². The first-order valence-corrected chi connectivity index (χ1v) is 12.9. The second-order valence-corrected chi connectivity index (χ2v) is 9.80. The van der Waals surface area contributed by atoms with Crippen LogP contribution in [0, 0.1) is 13.8 Å². The normalized spacial score (nSPS) is 20.8. The topological polar surface area (TPSA) is 65.5 Å². The third kappa shape index (κ3) is 4.79. The molecule has 1 fully saturated rings. The molecular formula is C26H34N4O3S. The Labute approximate surface area is 206 Å². The highest BCUT2D eigenvalue weighted by atomic mass is 32.2. The van der Waals surface area contributed by atoms with Crippen LogP contribution in [0.3, 0.4) is 0 Å². The summed E-state index contributed by atoms with van der Waals surface area (Å²) in [6.45, 7) is 14.6. The maximum absolute atomic E-state index is 13.2. The van der Waals surface area contributed by atoms with Crippen LogP contribution < -0.4 is 0 Å². The van der Waals surface area contributed by atoms with Crippen molar-refractivity contribution in [2.75, 3.05) is 39.3 Å². The fraction of sp³-hybridized carbons (Fsp3) is 0.500. The summed E-state index contributed by atoms with van der Waals surface area (Å²) in [5.74, 6) is -0.238. The Balaban J connectivity index is 1.66. The number of benzene rings is 1. The van der Waals surface area contributed by atoms with Gasteiger partial charge in [-0.3, -0.25) is 4.79 Å². The summed E-state index contributed by atoms with van der Waals surface area (Å²) in [4.78, 5) is 37.5. The van der Waals surface area contributed by atoms with Gasteiger partial charge in [0, 0.05) is 31.9 Å². The second kappa shape index (κ2) is 10.4. The zero-order valence-electron chi connectivity index (χ0n) is 20.8. The molecule has 3 aliphatic heterocycles. The number of ether oxygens (including phenoxy) is 1. The first kappa shape index (κ1) is 24.5. The number of likely N-dealkylation sites (N-methyl/N-ethyl adjacent to an activating group) is 1. The van der Waals surface area contributed by atoms with Crippen LogP contribution in [0.15, 0.2) is 45.6 Å². The summed E-state index contributed by atoms with van der Waals surface area (Å²) in [7, 11) is 0. The molecule has 0 N–H and O–H groups in total. The fourth-order valence-electron chi connectivity index (χ4n) is 4.85. The lowest BCUT2D eigenvalue weighted by Crippen LogP contribution is -2.49. The van der Waals surface area contributed by atoms with Crippen molar-refractivity contribution >= 4 is 28.8 Å². The number of rotatable bonds is 6. The standard InChI is InChI=1S/C26H34N4O3S/c1-6-28-10-12-29(13-11-28)22(31)15-20-16-34-26-27-19(5)23(25(32)33-7-2)24(30(20)26)21-9-8-17(3)14-18(21)4/h8-9,14,16,24H,6-7,10-13,15H2,1-5H3/t24-/m1/s1. The van der Waals surface area contributed by atoms with E-state index < -0.39 is 0 Å².